The Kier molecular flexibility index (Phi) is 5.99. The van der Waals surface area contributed by atoms with Crippen molar-refractivity contribution in [3.8, 4) is 29.0 Å². The molecule has 0 aliphatic rings. The molecule has 138 valence electrons. The van der Waals surface area contributed by atoms with E-state index in [0.717, 1.165) is 5.56 Å². The first-order valence-electron chi connectivity index (χ1n) is 8.30. The fourth-order valence-corrected chi connectivity index (χ4v) is 3.30. The molecule has 0 amide bonds. The van der Waals surface area contributed by atoms with Crippen molar-refractivity contribution in [2.24, 2.45) is 0 Å². The average Bonchev–Trinajstić information content (AvgIpc) is 3.16. The molecule has 0 aliphatic carbocycles. The minimum atomic E-state index is -0.321. The second-order valence-corrected chi connectivity index (χ2v) is 7.02. The van der Waals surface area contributed by atoms with Crippen LogP contribution < -0.4 is 9.47 Å². The smallest absolute Gasteiger partial charge is 0.278 e. The van der Waals surface area contributed by atoms with Crippen LogP contribution >= 0.6 is 11.8 Å². The molecule has 0 saturated carbocycles. The van der Waals surface area contributed by atoms with E-state index in [4.69, 9.17) is 13.9 Å². The van der Waals surface area contributed by atoms with Gasteiger partial charge in [-0.2, -0.15) is 5.26 Å². The highest BCUT2D eigenvalue weighted by atomic mass is 32.2. The Balaban J connectivity index is 1.75. The molecule has 1 aromatic heterocycles. The number of benzene rings is 2. The molecule has 1 atom stereocenters. The predicted octanol–water partition coefficient (Wildman–Crippen LogP) is 4.29. The first-order chi connectivity index (χ1) is 13.1. The molecule has 0 N–H and O–H groups in total. The lowest BCUT2D eigenvalue weighted by molar-refractivity contribution is 0.393. The molecular weight excluding hydrogens is 362 g/mol. The first kappa shape index (κ1) is 18.8. The number of hydrogen-bond acceptors (Lipinski definition) is 7. The maximum atomic E-state index is 9.47. The van der Waals surface area contributed by atoms with Crippen LogP contribution in [0.3, 0.4) is 0 Å². The lowest BCUT2D eigenvalue weighted by Crippen LogP contribution is -2.03. The summed E-state index contributed by atoms with van der Waals surface area (Å²) < 4.78 is 16.3. The van der Waals surface area contributed by atoms with E-state index in [1.165, 1.54) is 17.3 Å². The Morgan fingerprint density at radius 2 is 1.89 bits per heavy atom. The van der Waals surface area contributed by atoms with Crippen LogP contribution in [0.4, 0.5) is 0 Å². The number of nitrogens with zero attached hydrogens (tertiary/aromatic N) is 3. The maximum Gasteiger partial charge on any atom is 0.278 e. The number of methoxy groups -OCH3 is 2. The van der Waals surface area contributed by atoms with E-state index in [0.29, 0.717) is 34.6 Å². The van der Waals surface area contributed by atoms with E-state index in [9.17, 15) is 5.26 Å². The van der Waals surface area contributed by atoms with E-state index in [2.05, 4.69) is 16.3 Å². The highest BCUT2D eigenvalue weighted by Crippen LogP contribution is 2.34. The van der Waals surface area contributed by atoms with E-state index in [-0.39, 0.29) is 5.25 Å². The van der Waals surface area contributed by atoms with Crippen LogP contribution in [0.5, 0.6) is 11.5 Å². The molecule has 0 saturated heterocycles. The summed E-state index contributed by atoms with van der Waals surface area (Å²) in [4.78, 5) is 0. The van der Waals surface area contributed by atoms with Crippen molar-refractivity contribution < 1.29 is 13.9 Å². The molecule has 7 heteroatoms. The number of nitriles is 1. The number of rotatable bonds is 7. The third-order valence-corrected chi connectivity index (χ3v) is 4.90. The Morgan fingerprint density at radius 1 is 1.11 bits per heavy atom. The van der Waals surface area contributed by atoms with Crippen molar-refractivity contribution in [1.82, 2.24) is 10.2 Å². The summed E-state index contributed by atoms with van der Waals surface area (Å²) in [5.74, 6) is 1.59. The summed E-state index contributed by atoms with van der Waals surface area (Å²) in [5, 5.41) is 17.7. The number of aromatic nitrogens is 2. The van der Waals surface area contributed by atoms with E-state index >= 15 is 0 Å². The SMILES string of the molecule is COc1ccc(-c2nnc(S[C@H](C#N)Cc3ccc(C)cc3)o2)c(OC)c1. The average molecular weight is 381 g/mol. The van der Waals surface area contributed by atoms with Gasteiger partial charge >= 0.3 is 0 Å². The summed E-state index contributed by atoms with van der Waals surface area (Å²) in [6.45, 7) is 2.04. The molecule has 6 nitrogen and oxygen atoms in total. The Morgan fingerprint density at radius 3 is 2.56 bits per heavy atom. The standard InChI is InChI=1S/C20H19N3O3S/c1-13-4-6-14(7-5-13)10-16(12-21)27-20-23-22-19(26-20)17-9-8-15(24-2)11-18(17)25-3/h4-9,11,16H,10H2,1-3H3/t16-/m0/s1. The first-order valence-corrected chi connectivity index (χ1v) is 9.18. The Labute approximate surface area is 162 Å². The van der Waals surface area contributed by atoms with Gasteiger partial charge in [0.1, 0.15) is 16.7 Å². The molecule has 2 aromatic carbocycles. The van der Waals surface area contributed by atoms with Gasteiger partial charge in [0.25, 0.3) is 11.1 Å². The Bertz CT molecular complexity index is 948. The minimum Gasteiger partial charge on any atom is -0.497 e. The number of ether oxygens (including phenoxy) is 2. The summed E-state index contributed by atoms with van der Waals surface area (Å²) in [6, 6.07) is 15.8. The van der Waals surface area contributed by atoms with Crippen LogP contribution in [0, 0.1) is 18.3 Å². The zero-order valence-electron chi connectivity index (χ0n) is 15.3. The van der Waals surface area contributed by atoms with Gasteiger partial charge in [-0.15, -0.1) is 10.2 Å². The van der Waals surface area contributed by atoms with Crippen molar-refractivity contribution in [3.05, 3.63) is 53.6 Å². The van der Waals surface area contributed by atoms with Gasteiger partial charge in [-0.25, -0.2) is 0 Å². The molecule has 1 heterocycles. The summed E-state index contributed by atoms with van der Waals surface area (Å²) in [7, 11) is 3.16. The van der Waals surface area contributed by atoms with Crippen LogP contribution in [-0.2, 0) is 6.42 Å². The molecule has 0 unspecified atom stereocenters. The third-order valence-electron chi connectivity index (χ3n) is 3.97. The maximum absolute atomic E-state index is 9.47. The van der Waals surface area contributed by atoms with Gasteiger partial charge in [0, 0.05) is 6.07 Å². The molecule has 0 bridgehead atoms. The van der Waals surface area contributed by atoms with Crippen LogP contribution in [0.1, 0.15) is 11.1 Å². The lowest BCUT2D eigenvalue weighted by atomic mass is 10.1. The molecule has 0 aliphatic heterocycles. The number of thioether (sulfide) groups is 1. The second kappa shape index (κ2) is 8.60. The van der Waals surface area contributed by atoms with Gasteiger partial charge < -0.3 is 13.9 Å². The van der Waals surface area contributed by atoms with Gasteiger partial charge in [-0.05, 0) is 42.8 Å². The highest BCUT2D eigenvalue weighted by Gasteiger charge is 2.18. The summed E-state index contributed by atoms with van der Waals surface area (Å²) >= 11 is 1.26. The van der Waals surface area contributed by atoms with Gasteiger partial charge in [-0.3, -0.25) is 0 Å². The van der Waals surface area contributed by atoms with E-state index in [1.54, 1.807) is 32.4 Å². The normalized spacial score (nSPS) is 11.6. The number of aryl methyl sites for hydroxylation is 1. The van der Waals surface area contributed by atoms with Crippen LogP contribution in [0.15, 0.2) is 52.1 Å². The quantitative estimate of drug-likeness (QED) is 0.565. The van der Waals surface area contributed by atoms with Gasteiger partial charge in [0.15, 0.2) is 0 Å². The zero-order chi connectivity index (χ0) is 19.2. The van der Waals surface area contributed by atoms with Crippen molar-refractivity contribution in [1.29, 1.82) is 5.26 Å². The minimum absolute atomic E-state index is 0.321. The Hall–Kier alpha value is -2.98. The topological polar surface area (TPSA) is 81.2 Å². The summed E-state index contributed by atoms with van der Waals surface area (Å²) in [5.41, 5.74) is 2.95. The molecule has 27 heavy (non-hydrogen) atoms. The van der Waals surface area contributed by atoms with Crippen LogP contribution in [-0.4, -0.2) is 29.7 Å². The van der Waals surface area contributed by atoms with Crippen LogP contribution in [0.2, 0.25) is 0 Å². The zero-order valence-corrected chi connectivity index (χ0v) is 16.1. The fourth-order valence-electron chi connectivity index (χ4n) is 2.52. The molecule has 0 radical (unpaired) electrons. The molecule has 3 rings (SSSR count). The second-order valence-electron chi connectivity index (χ2n) is 5.86. The largest absolute Gasteiger partial charge is 0.497 e. The predicted molar refractivity (Wildman–Crippen MR) is 103 cm³/mol. The third kappa shape index (κ3) is 4.60. The number of hydrogen-bond donors (Lipinski definition) is 0. The van der Waals surface area contributed by atoms with Crippen molar-refractivity contribution in [2.75, 3.05) is 14.2 Å². The van der Waals surface area contributed by atoms with E-state index < -0.39 is 0 Å². The molecule has 3 aromatic rings. The van der Waals surface area contributed by atoms with Gasteiger partial charge in [0.05, 0.1) is 25.9 Å². The van der Waals surface area contributed by atoms with Crippen LogP contribution in [0.25, 0.3) is 11.5 Å². The lowest BCUT2D eigenvalue weighted by Gasteiger charge is -2.07. The van der Waals surface area contributed by atoms with Crippen molar-refractivity contribution in [2.45, 2.75) is 23.8 Å². The van der Waals surface area contributed by atoms with Gasteiger partial charge in [-0.1, -0.05) is 29.8 Å². The van der Waals surface area contributed by atoms with Crippen molar-refractivity contribution >= 4 is 11.8 Å². The molecule has 0 spiro atoms. The molecular formula is C20H19N3O3S. The molecule has 0 fully saturated rings. The van der Waals surface area contributed by atoms with Gasteiger partial charge in [0.2, 0.25) is 0 Å². The summed E-state index contributed by atoms with van der Waals surface area (Å²) in [6.07, 6.45) is 0.602. The van der Waals surface area contributed by atoms with E-state index in [1.807, 2.05) is 31.2 Å². The monoisotopic (exact) mass is 381 g/mol. The highest BCUT2D eigenvalue weighted by molar-refractivity contribution is 7.99. The van der Waals surface area contributed by atoms with Crippen molar-refractivity contribution in [3.63, 3.8) is 0 Å². The fraction of sp³-hybridized carbons (Fsp3) is 0.250.